The van der Waals surface area contributed by atoms with Gasteiger partial charge in [0, 0.05) is 29.4 Å². The van der Waals surface area contributed by atoms with E-state index < -0.39 is 0 Å². The first-order chi connectivity index (χ1) is 14.5. The number of allylic oxidation sites excluding steroid dienone is 1. The average Bonchev–Trinajstić information content (AvgIpc) is 3.24. The van der Waals surface area contributed by atoms with Gasteiger partial charge in [0.15, 0.2) is 12.1 Å². The molecule has 0 spiro atoms. The molecule has 154 valence electrons. The lowest BCUT2D eigenvalue weighted by molar-refractivity contribution is -0.114. The number of hydrogen-bond acceptors (Lipinski definition) is 8. The lowest BCUT2D eigenvalue weighted by atomic mass is 10.0. The number of carbonyl (C=O) groups is 1. The molecule has 1 saturated heterocycles. The molecular formula is C21H21N5O4. The Morgan fingerprint density at radius 3 is 2.53 bits per heavy atom. The SMILES string of the molecule is Cc1ncc2c(n1)CC(=O)C=C2.Cc1ncc2ccc(=O)n(CC3OCCO3)c2n1. The molecule has 9 heteroatoms. The van der Waals surface area contributed by atoms with Gasteiger partial charge in [-0.1, -0.05) is 0 Å². The van der Waals surface area contributed by atoms with Gasteiger partial charge in [-0.15, -0.1) is 0 Å². The minimum absolute atomic E-state index is 0.111. The van der Waals surface area contributed by atoms with Gasteiger partial charge < -0.3 is 9.47 Å². The molecule has 0 atom stereocenters. The molecule has 0 radical (unpaired) electrons. The third-order valence-electron chi connectivity index (χ3n) is 4.68. The van der Waals surface area contributed by atoms with Crippen LogP contribution < -0.4 is 5.56 Å². The summed E-state index contributed by atoms with van der Waals surface area (Å²) >= 11 is 0. The highest BCUT2D eigenvalue weighted by Gasteiger charge is 2.18. The number of pyridine rings is 1. The minimum Gasteiger partial charge on any atom is -0.348 e. The van der Waals surface area contributed by atoms with Crippen LogP contribution in [0.1, 0.15) is 22.9 Å². The number of carbonyl (C=O) groups excluding carboxylic acids is 1. The van der Waals surface area contributed by atoms with Crippen LogP contribution in [-0.2, 0) is 27.2 Å². The summed E-state index contributed by atoms with van der Waals surface area (Å²) in [5.41, 5.74) is 2.31. The van der Waals surface area contributed by atoms with Crippen LogP contribution in [0.2, 0.25) is 0 Å². The van der Waals surface area contributed by atoms with Crippen molar-refractivity contribution < 1.29 is 14.3 Å². The molecule has 4 heterocycles. The Balaban J connectivity index is 0.000000158. The highest BCUT2D eigenvalue weighted by Crippen LogP contribution is 2.14. The third-order valence-corrected chi connectivity index (χ3v) is 4.68. The second-order valence-electron chi connectivity index (χ2n) is 6.95. The number of hydrogen-bond donors (Lipinski definition) is 0. The molecule has 0 unspecified atom stereocenters. The molecule has 3 aromatic rings. The number of nitrogens with zero attached hydrogens (tertiary/aromatic N) is 5. The molecule has 30 heavy (non-hydrogen) atoms. The predicted molar refractivity (Wildman–Crippen MR) is 109 cm³/mol. The van der Waals surface area contributed by atoms with Crippen molar-refractivity contribution in [1.29, 1.82) is 0 Å². The van der Waals surface area contributed by atoms with Gasteiger partial charge in [0.2, 0.25) is 0 Å². The lowest BCUT2D eigenvalue weighted by Gasteiger charge is -2.13. The fourth-order valence-electron chi connectivity index (χ4n) is 3.21. The van der Waals surface area contributed by atoms with Crippen LogP contribution in [0.5, 0.6) is 0 Å². The monoisotopic (exact) mass is 407 g/mol. The quantitative estimate of drug-likeness (QED) is 0.627. The number of ether oxygens (including phenoxy) is 2. The van der Waals surface area contributed by atoms with Crippen LogP contribution in [0, 0.1) is 13.8 Å². The van der Waals surface area contributed by atoms with Gasteiger partial charge in [-0.25, -0.2) is 19.9 Å². The van der Waals surface area contributed by atoms with Gasteiger partial charge >= 0.3 is 0 Å². The Hall–Kier alpha value is -3.30. The average molecular weight is 407 g/mol. The number of ketones is 1. The maximum Gasteiger partial charge on any atom is 0.252 e. The lowest BCUT2D eigenvalue weighted by Crippen LogP contribution is -2.27. The normalized spacial score (nSPS) is 15.7. The molecule has 0 amide bonds. The summed E-state index contributed by atoms with van der Waals surface area (Å²) in [4.78, 5) is 39.6. The maximum atomic E-state index is 11.9. The van der Waals surface area contributed by atoms with E-state index >= 15 is 0 Å². The van der Waals surface area contributed by atoms with Crippen LogP contribution in [0.25, 0.3) is 17.1 Å². The van der Waals surface area contributed by atoms with E-state index in [2.05, 4.69) is 19.9 Å². The number of rotatable bonds is 2. The Labute approximate surface area is 172 Å². The summed E-state index contributed by atoms with van der Waals surface area (Å²) in [6.07, 6.45) is 6.84. The summed E-state index contributed by atoms with van der Waals surface area (Å²) in [6.45, 7) is 5.11. The molecule has 5 rings (SSSR count). The molecule has 1 aliphatic heterocycles. The molecule has 1 aliphatic carbocycles. The van der Waals surface area contributed by atoms with Gasteiger partial charge in [0.05, 0.1) is 31.9 Å². The van der Waals surface area contributed by atoms with E-state index in [1.807, 2.05) is 6.92 Å². The van der Waals surface area contributed by atoms with E-state index in [9.17, 15) is 9.59 Å². The third kappa shape index (κ3) is 4.47. The fourth-order valence-corrected chi connectivity index (χ4v) is 3.21. The Kier molecular flexibility index (Phi) is 5.73. The smallest absolute Gasteiger partial charge is 0.252 e. The van der Waals surface area contributed by atoms with E-state index in [4.69, 9.17) is 9.47 Å². The minimum atomic E-state index is -0.372. The first kappa shape index (κ1) is 20.0. The molecule has 9 nitrogen and oxygen atoms in total. The van der Waals surface area contributed by atoms with Crippen molar-refractivity contribution in [2.75, 3.05) is 13.2 Å². The summed E-state index contributed by atoms with van der Waals surface area (Å²) in [6, 6.07) is 3.24. The van der Waals surface area contributed by atoms with E-state index in [1.54, 1.807) is 42.1 Å². The van der Waals surface area contributed by atoms with Gasteiger partial charge in [-0.05, 0) is 32.1 Å². The number of aromatic nitrogens is 5. The van der Waals surface area contributed by atoms with Crippen LogP contribution in [0.15, 0.2) is 35.4 Å². The van der Waals surface area contributed by atoms with Crippen molar-refractivity contribution >= 4 is 22.9 Å². The largest absolute Gasteiger partial charge is 0.348 e. The van der Waals surface area contributed by atoms with Crippen molar-refractivity contribution in [2.24, 2.45) is 0 Å². The van der Waals surface area contributed by atoms with E-state index in [1.165, 1.54) is 6.07 Å². The molecular weight excluding hydrogens is 386 g/mol. The second kappa shape index (κ2) is 8.60. The number of fused-ring (bicyclic) bond motifs is 2. The van der Waals surface area contributed by atoms with Gasteiger partial charge in [0.1, 0.15) is 17.3 Å². The van der Waals surface area contributed by atoms with Crippen LogP contribution in [0.4, 0.5) is 0 Å². The predicted octanol–water partition coefficient (Wildman–Crippen LogP) is 1.40. The highest BCUT2D eigenvalue weighted by atomic mass is 16.7. The zero-order valence-corrected chi connectivity index (χ0v) is 16.7. The molecule has 0 aromatic carbocycles. The Bertz CT molecular complexity index is 1180. The Morgan fingerprint density at radius 2 is 1.73 bits per heavy atom. The van der Waals surface area contributed by atoms with Crippen molar-refractivity contribution in [2.45, 2.75) is 33.1 Å². The van der Waals surface area contributed by atoms with Crippen LogP contribution in [-0.4, -0.2) is 49.8 Å². The van der Waals surface area contributed by atoms with Crippen LogP contribution >= 0.6 is 0 Å². The summed E-state index contributed by atoms with van der Waals surface area (Å²) < 4.78 is 12.3. The first-order valence-electron chi connectivity index (χ1n) is 9.59. The molecule has 0 bridgehead atoms. The Morgan fingerprint density at radius 1 is 1.00 bits per heavy atom. The molecule has 3 aromatic heterocycles. The first-order valence-corrected chi connectivity index (χ1v) is 9.59. The van der Waals surface area contributed by atoms with E-state index in [-0.39, 0.29) is 17.6 Å². The standard InChI is InChI=1S/C12H13N3O3.C9H8N2O/c1-8-13-6-9-2-3-10(16)15(12(9)14-8)7-11-17-4-5-18-11;1-6-10-5-7-2-3-8(12)4-9(7)11-6/h2-3,6,11H,4-5,7H2,1H3;2-3,5H,4H2,1H3. The van der Waals surface area contributed by atoms with Crippen LogP contribution in [0.3, 0.4) is 0 Å². The van der Waals surface area contributed by atoms with Crippen molar-refractivity contribution in [1.82, 2.24) is 24.5 Å². The van der Waals surface area contributed by atoms with Crippen molar-refractivity contribution in [3.8, 4) is 0 Å². The molecule has 0 N–H and O–H groups in total. The summed E-state index contributed by atoms with van der Waals surface area (Å²) in [7, 11) is 0. The van der Waals surface area contributed by atoms with Gasteiger partial charge in [-0.2, -0.15) is 0 Å². The second-order valence-corrected chi connectivity index (χ2v) is 6.95. The number of aryl methyl sites for hydroxylation is 2. The zero-order chi connectivity index (χ0) is 21.1. The topological polar surface area (TPSA) is 109 Å². The van der Waals surface area contributed by atoms with Crippen molar-refractivity contribution in [3.63, 3.8) is 0 Å². The maximum absolute atomic E-state index is 11.9. The van der Waals surface area contributed by atoms with E-state index in [0.29, 0.717) is 37.7 Å². The molecule has 1 fully saturated rings. The van der Waals surface area contributed by atoms with Gasteiger partial charge in [0.25, 0.3) is 5.56 Å². The summed E-state index contributed by atoms with van der Waals surface area (Å²) in [5, 5.41) is 0.832. The highest BCUT2D eigenvalue weighted by molar-refractivity contribution is 5.97. The summed E-state index contributed by atoms with van der Waals surface area (Å²) in [5.74, 6) is 1.47. The van der Waals surface area contributed by atoms with Crippen molar-refractivity contribution in [3.05, 3.63) is 63.9 Å². The van der Waals surface area contributed by atoms with Gasteiger partial charge in [-0.3, -0.25) is 14.2 Å². The zero-order valence-electron chi connectivity index (χ0n) is 16.7. The molecule has 2 aliphatic rings. The fraction of sp³-hybridized carbons (Fsp3) is 0.333. The van der Waals surface area contributed by atoms with E-state index in [0.717, 1.165) is 22.5 Å². The molecule has 0 saturated carbocycles.